The van der Waals surface area contributed by atoms with Gasteiger partial charge in [0.25, 0.3) is 23.6 Å². The third-order valence-electron chi connectivity index (χ3n) is 9.90. The van der Waals surface area contributed by atoms with Crippen LogP contribution in [0.1, 0.15) is 51.3 Å². The van der Waals surface area contributed by atoms with Crippen molar-refractivity contribution in [3.8, 4) is 11.5 Å². The van der Waals surface area contributed by atoms with E-state index in [-0.39, 0.29) is 61.6 Å². The molecule has 2 atom stereocenters. The van der Waals surface area contributed by atoms with E-state index in [2.05, 4.69) is 41.7 Å². The summed E-state index contributed by atoms with van der Waals surface area (Å²) in [4.78, 5) is 78.9. The van der Waals surface area contributed by atoms with E-state index in [9.17, 15) is 28.8 Å². The zero-order chi connectivity index (χ0) is 49.5. The van der Waals surface area contributed by atoms with Gasteiger partial charge in [0.1, 0.15) is 11.5 Å². The number of halogens is 5. The number of rotatable bonds is 21. The number of Topliss-reactive ketones (excluding diaryl/α,β-unsaturated/α-hetero) is 2. The second-order valence-electron chi connectivity index (χ2n) is 14.5. The Morgan fingerprint density at radius 2 is 1.01 bits per heavy atom. The number of ketones is 2. The Morgan fingerprint density at radius 1 is 0.559 bits per heavy atom. The first kappa shape index (κ1) is 52.5. The summed E-state index contributed by atoms with van der Waals surface area (Å²) in [6, 6.07) is 19.9. The highest BCUT2D eigenvalue weighted by Crippen LogP contribution is 2.32. The summed E-state index contributed by atoms with van der Waals surface area (Å²) in [5.74, 6) is -2.60. The van der Waals surface area contributed by atoms with Crippen molar-refractivity contribution in [3.63, 3.8) is 0 Å². The number of carbonyl (C=O) groups excluding carboxylic acids is 6. The van der Waals surface area contributed by atoms with Gasteiger partial charge in [-0.2, -0.15) is 20.5 Å². The van der Waals surface area contributed by atoms with E-state index >= 15 is 0 Å². The lowest BCUT2D eigenvalue weighted by atomic mass is 10.1. The summed E-state index contributed by atoms with van der Waals surface area (Å²) in [5.41, 5.74) is 3.37. The van der Waals surface area contributed by atoms with Gasteiger partial charge in [0, 0.05) is 51.5 Å². The number of azo groups is 2. The third kappa shape index (κ3) is 13.6. The molecule has 0 spiro atoms. The molecule has 0 heterocycles. The minimum absolute atomic E-state index is 0.0451. The van der Waals surface area contributed by atoms with Crippen LogP contribution in [-0.2, 0) is 37.9 Å². The highest BCUT2D eigenvalue weighted by atomic mass is 35.5. The molecule has 68 heavy (non-hydrogen) atoms. The second-order valence-corrected chi connectivity index (χ2v) is 16.4. The van der Waals surface area contributed by atoms with Gasteiger partial charge in [0.05, 0.1) is 46.8 Å². The molecule has 16 nitrogen and oxygen atoms in total. The second kappa shape index (κ2) is 25.1. The summed E-state index contributed by atoms with van der Waals surface area (Å²) in [7, 11) is 3.02. The van der Waals surface area contributed by atoms with Crippen LogP contribution in [-0.4, -0.2) is 73.3 Å². The Balaban J connectivity index is 1.26. The van der Waals surface area contributed by atoms with Crippen LogP contribution < -0.4 is 30.7 Å². The van der Waals surface area contributed by atoms with Crippen molar-refractivity contribution >= 4 is 127 Å². The first-order chi connectivity index (χ1) is 32.6. The molecule has 21 heteroatoms. The van der Waals surface area contributed by atoms with Crippen molar-refractivity contribution in [3.05, 3.63) is 129 Å². The van der Waals surface area contributed by atoms with Crippen molar-refractivity contribution < 1.29 is 38.2 Å². The van der Waals surface area contributed by atoms with Gasteiger partial charge in [-0.05, 0) is 111 Å². The van der Waals surface area contributed by atoms with E-state index in [0.717, 1.165) is 13.8 Å². The Bertz CT molecular complexity index is 2790. The van der Waals surface area contributed by atoms with Gasteiger partial charge in [0.2, 0.25) is 12.1 Å². The number of anilines is 4. The molecule has 354 valence electrons. The van der Waals surface area contributed by atoms with E-state index in [0.29, 0.717) is 52.4 Å². The monoisotopic (exact) mass is 1020 g/mol. The average Bonchev–Trinajstić information content (AvgIpc) is 3.31. The van der Waals surface area contributed by atoms with Crippen LogP contribution in [0.5, 0.6) is 11.5 Å². The van der Waals surface area contributed by atoms with E-state index in [1.165, 1.54) is 68.8 Å². The Labute approximate surface area is 416 Å². The lowest BCUT2D eigenvalue weighted by molar-refractivity contribution is -0.127. The lowest BCUT2D eigenvalue weighted by Crippen LogP contribution is -2.32. The fourth-order valence-electron chi connectivity index (χ4n) is 6.53. The molecule has 0 saturated heterocycles. The predicted molar refractivity (Wildman–Crippen MR) is 265 cm³/mol. The first-order valence-corrected chi connectivity index (χ1v) is 22.8. The minimum atomic E-state index is -1.62. The van der Waals surface area contributed by atoms with Crippen LogP contribution >= 0.6 is 58.0 Å². The van der Waals surface area contributed by atoms with Crippen LogP contribution in [0, 0.1) is 0 Å². The molecule has 5 aromatic rings. The van der Waals surface area contributed by atoms with Crippen molar-refractivity contribution in [2.24, 2.45) is 20.5 Å². The van der Waals surface area contributed by atoms with Gasteiger partial charge in [0.15, 0.2) is 11.6 Å². The standard InChI is InChI=1S/C47H43Cl5N8O8/c1-25(61)42(59-57-29-11-14-35(51)33(22-29)44(63)55-38-7-5-9-40(67-3)31(38)17-19-48)46(65)53-28-13-16-37(27(21-28)24-50)54-47(66)43(26(2)62)60-58-30-12-15-36(52)34(23-30)45(64)56-39-8-6-10-41(68-4)32(39)18-20-49/h5-16,21-23,42-43H,17-20,24H2,1-4H3,(H,53,65)(H,54,66)(H,55,63)(H,56,64). The van der Waals surface area contributed by atoms with Crippen LogP contribution in [0.15, 0.2) is 111 Å². The lowest BCUT2D eigenvalue weighted by Gasteiger charge is -2.15. The SMILES string of the molecule is COc1cccc(NC(=O)c2cc(N=NC(C(C)=O)C(=O)Nc3ccc(NC(=O)C(N=Nc4ccc(Cl)c(C(=O)Nc5cccc(OC)c5CCCl)c4)C(C)=O)c(CCl)c3)ccc2Cl)c1CCCl. The number of amides is 4. The van der Waals surface area contributed by atoms with Crippen molar-refractivity contribution in [1.82, 2.24) is 0 Å². The molecule has 0 aromatic heterocycles. The molecule has 0 saturated carbocycles. The number of benzene rings is 5. The molecule has 2 unspecified atom stereocenters. The topological polar surface area (TPSA) is 218 Å². The maximum absolute atomic E-state index is 13.4. The van der Waals surface area contributed by atoms with Crippen LogP contribution in [0.25, 0.3) is 0 Å². The van der Waals surface area contributed by atoms with E-state index < -0.39 is 47.3 Å². The fraction of sp³-hybridized carbons (Fsp3) is 0.234. The molecule has 0 bridgehead atoms. The van der Waals surface area contributed by atoms with Gasteiger partial charge in [-0.15, -0.1) is 34.8 Å². The molecule has 0 aliphatic rings. The number of ether oxygens (including phenoxy) is 2. The number of methoxy groups -OCH3 is 2. The molecule has 0 fully saturated rings. The van der Waals surface area contributed by atoms with Crippen LogP contribution in [0.2, 0.25) is 10.0 Å². The van der Waals surface area contributed by atoms with Crippen LogP contribution in [0.3, 0.4) is 0 Å². The minimum Gasteiger partial charge on any atom is -0.496 e. The third-order valence-corrected chi connectivity index (χ3v) is 11.2. The zero-order valence-corrected chi connectivity index (χ0v) is 40.6. The van der Waals surface area contributed by atoms with Crippen LogP contribution in [0.4, 0.5) is 34.1 Å². The van der Waals surface area contributed by atoms with Crippen molar-refractivity contribution in [2.45, 2.75) is 44.7 Å². The quantitative estimate of drug-likeness (QED) is 0.0314. The summed E-state index contributed by atoms with van der Waals surface area (Å²) < 4.78 is 10.8. The Morgan fingerprint density at radius 3 is 1.43 bits per heavy atom. The maximum atomic E-state index is 13.4. The van der Waals surface area contributed by atoms with Crippen molar-refractivity contribution in [1.29, 1.82) is 0 Å². The molecule has 0 radical (unpaired) electrons. The zero-order valence-electron chi connectivity index (χ0n) is 36.8. The summed E-state index contributed by atoms with van der Waals surface area (Å²) in [5, 5.41) is 27.2. The Kier molecular flexibility index (Phi) is 19.4. The molecule has 0 aliphatic carbocycles. The fourth-order valence-corrected chi connectivity index (χ4v) is 7.54. The molecule has 4 N–H and O–H groups in total. The number of carbonyl (C=O) groups is 6. The number of hydrogen-bond donors (Lipinski definition) is 4. The Hall–Kier alpha value is -6.43. The van der Waals surface area contributed by atoms with Gasteiger partial charge < -0.3 is 30.7 Å². The number of nitrogens with zero attached hydrogens (tertiary/aromatic N) is 4. The molecule has 5 aromatic carbocycles. The van der Waals surface area contributed by atoms with E-state index in [4.69, 9.17) is 67.5 Å². The largest absolute Gasteiger partial charge is 0.496 e. The van der Waals surface area contributed by atoms with E-state index in [1.807, 2.05) is 0 Å². The number of alkyl halides is 3. The number of hydrogen-bond acceptors (Lipinski definition) is 12. The highest BCUT2D eigenvalue weighted by molar-refractivity contribution is 6.35. The number of nitrogens with one attached hydrogen (secondary N) is 4. The molecule has 5 rings (SSSR count). The molecular weight excluding hydrogens is 982 g/mol. The average molecular weight is 1030 g/mol. The van der Waals surface area contributed by atoms with Gasteiger partial charge in [-0.25, -0.2) is 0 Å². The summed E-state index contributed by atoms with van der Waals surface area (Å²) in [6.07, 6.45) is 0.842. The predicted octanol–water partition coefficient (Wildman–Crippen LogP) is 11.2. The van der Waals surface area contributed by atoms with Gasteiger partial charge >= 0.3 is 0 Å². The summed E-state index contributed by atoms with van der Waals surface area (Å²) >= 11 is 31.0. The first-order valence-electron chi connectivity index (χ1n) is 20.4. The van der Waals surface area contributed by atoms with Gasteiger partial charge in [-0.3, -0.25) is 28.8 Å². The highest BCUT2D eigenvalue weighted by Gasteiger charge is 2.26. The molecule has 0 aliphatic heterocycles. The summed E-state index contributed by atoms with van der Waals surface area (Å²) in [6.45, 7) is 2.32. The van der Waals surface area contributed by atoms with E-state index in [1.54, 1.807) is 36.4 Å². The molecular formula is C47H43Cl5N8O8. The normalized spacial score (nSPS) is 12.0. The van der Waals surface area contributed by atoms with Crippen molar-refractivity contribution in [2.75, 3.05) is 47.2 Å². The molecule has 4 amide bonds. The maximum Gasteiger partial charge on any atom is 0.258 e. The smallest absolute Gasteiger partial charge is 0.258 e. The van der Waals surface area contributed by atoms with Gasteiger partial charge in [-0.1, -0.05) is 35.3 Å².